The zero-order chi connectivity index (χ0) is 22.6. The van der Waals surface area contributed by atoms with Crippen LogP contribution in [0.2, 0.25) is 0 Å². The van der Waals surface area contributed by atoms with Crippen molar-refractivity contribution in [2.45, 2.75) is 38.6 Å². The van der Waals surface area contributed by atoms with Gasteiger partial charge >= 0.3 is 0 Å². The first-order valence-electron chi connectivity index (χ1n) is 10.5. The van der Waals surface area contributed by atoms with Crippen molar-refractivity contribution in [2.24, 2.45) is 0 Å². The number of carbonyl (C=O) groups is 1. The summed E-state index contributed by atoms with van der Waals surface area (Å²) < 4.78 is 29.0. The number of carbonyl (C=O) groups excluding carboxylic acids is 1. The second kappa shape index (κ2) is 9.65. The van der Waals surface area contributed by atoms with Gasteiger partial charge in [-0.1, -0.05) is 24.6 Å². The summed E-state index contributed by atoms with van der Waals surface area (Å²) >= 11 is 0. The van der Waals surface area contributed by atoms with Crippen LogP contribution in [0.15, 0.2) is 46.1 Å². The summed E-state index contributed by atoms with van der Waals surface area (Å²) in [6, 6.07) is 9.45. The number of sulfonamides is 1. The normalized spacial score (nSPS) is 15.1. The van der Waals surface area contributed by atoms with Crippen molar-refractivity contribution in [1.82, 2.24) is 14.4 Å². The van der Waals surface area contributed by atoms with Crippen molar-refractivity contribution in [3.05, 3.63) is 58.0 Å². The maximum absolute atomic E-state index is 13.0. The van der Waals surface area contributed by atoms with E-state index in [9.17, 15) is 18.0 Å². The molecule has 1 N–H and O–H groups in total. The van der Waals surface area contributed by atoms with E-state index in [0.29, 0.717) is 18.8 Å². The molecule has 0 aliphatic carbocycles. The van der Waals surface area contributed by atoms with E-state index in [0.717, 1.165) is 31.6 Å². The van der Waals surface area contributed by atoms with Crippen LogP contribution in [0.25, 0.3) is 0 Å². The highest BCUT2D eigenvalue weighted by atomic mass is 32.2. The number of hydrogen-bond donors (Lipinski definition) is 1. The Bertz CT molecular complexity index is 1090. The maximum Gasteiger partial charge on any atom is 0.275 e. The van der Waals surface area contributed by atoms with E-state index in [-0.39, 0.29) is 23.0 Å². The minimum atomic E-state index is -3.91. The molecule has 0 bridgehead atoms. The molecule has 0 radical (unpaired) electrons. The zero-order valence-electron chi connectivity index (χ0n) is 18.3. The highest BCUT2D eigenvalue weighted by Crippen LogP contribution is 2.15. The molecule has 1 saturated heterocycles. The Hall–Kier alpha value is -2.65. The van der Waals surface area contributed by atoms with Crippen LogP contribution in [-0.4, -0.2) is 61.4 Å². The molecule has 31 heavy (non-hydrogen) atoms. The van der Waals surface area contributed by atoms with Gasteiger partial charge in [0.2, 0.25) is 5.91 Å². The molecule has 2 heterocycles. The Labute approximate surface area is 183 Å². The number of pyridine rings is 1. The fourth-order valence-electron chi connectivity index (χ4n) is 3.64. The van der Waals surface area contributed by atoms with Gasteiger partial charge in [-0.25, -0.2) is 8.42 Å². The van der Waals surface area contributed by atoms with Crippen LogP contribution < -0.4 is 10.3 Å². The lowest BCUT2D eigenvalue weighted by molar-refractivity contribution is -0.133. The van der Waals surface area contributed by atoms with Crippen LogP contribution in [0, 0.1) is 13.8 Å². The largest absolute Gasteiger partial charge is 0.339 e. The van der Waals surface area contributed by atoms with Crippen LogP contribution in [0.3, 0.4) is 0 Å². The van der Waals surface area contributed by atoms with Crippen molar-refractivity contribution in [3.63, 3.8) is 0 Å². The number of benzene rings is 1. The average Bonchev–Trinajstić information content (AvgIpc) is 2.74. The molecule has 0 spiro atoms. The van der Waals surface area contributed by atoms with Crippen LogP contribution in [0.1, 0.15) is 24.6 Å². The van der Waals surface area contributed by atoms with Crippen LogP contribution in [-0.2, 0) is 21.4 Å². The van der Waals surface area contributed by atoms with Crippen molar-refractivity contribution >= 4 is 21.6 Å². The number of aromatic nitrogens is 1. The standard InChI is InChI=1S/C22H30N4O4S/c1-4-11-24-12-14-25(15-13-24)21(27)16-26-18(3)7-10-20(22(26)28)23-31(29,30)19-8-5-17(2)6-9-19/h5-10,23H,4,11-16H2,1-3H3. The van der Waals surface area contributed by atoms with Gasteiger partial charge in [0.15, 0.2) is 0 Å². The van der Waals surface area contributed by atoms with Crippen molar-refractivity contribution in [1.29, 1.82) is 0 Å². The first-order chi connectivity index (χ1) is 14.7. The molecule has 9 heteroatoms. The quantitative estimate of drug-likeness (QED) is 0.701. The van der Waals surface area contributed by atoms with Gasteiger partial charge in [0.05, 0.1) is 4.90 Å². The van der Waals surface area contributed by atoms with Gasteiger partial charge in [-0.15, -0.1) is 0 Å². The zero-order valence-corrected chi connectivity index (χ0v) is 19.1. The highest BCUT2D eigenvalue weighted by Gasteiger charge is 2.23. The number of anilines is 1. The summed E-state index contributed by atoms with van der Waals surface area (Å²) in [7, 11) is -3.91. The first-order valence-corrected chi connectivity index (χ1v) is 12.0. The molecule has 1 aromatic heterocycles. The third-order valence-electron chi connectivity index (χ3n) is 5.53. The fraction of sp³-hybridized carbons (Fsp3) is 0.455. The third-order valence-corrected chi connectivity index (χ3v) is 6.91. The van der Waals surface area contributed by atoms with E-state index in [2.05, 4.69) is 16.5 Å². The molecule has 0 unspecified atom stereocenters. The lowest BCUT2D eigenvalue weighted by Gasteiger charge is -2.34. The topological polar surface area (TPSA) is 91.7 Å². The summed E-state index contributed by atoms with van der Waals surface area (Å²) in [5, 5.41) is 0. The Balaban J connectivity index is 1.76. The third kappa shape index (κ3) is 5.54. The van der Waals surface area contributed by atoms with Crippen molar-refractivity contribution in [3.8, 4) is 0 Å². The van der Waals surface area contributed by atoms with E-state index >= 15 is 0 Å². The Morgan fingerprint density at radius 2 is 1.65 bits per heavy atom. The van der Waals surface area contributed by atoms with E-state index in [4.69, 9.17) is 0 Å². The maximum atomic E-state index is 13.0. The predicted molar refractivity (Wildman–Crippen MR) is 121 cm³/mol. The van der Waals surface area contributed by atoms with E-state index in [1.807, 2.05) is 6.92 Å². The Morgan fingerprint density at radius 1 is 1.00 bits per heavy atom. The predicted octanol–water partition coefficient (Wildman–Crippen LogP) is 1.82. The summed E-state index contributed by atoms with van der Waals surface area (Å²) in [5.74, 6) is -0.139. The molecule has 1 aliphatic heterocycles. The molecule has 8 nitrogen and oxygen atoms in total. The summed E-state index contributed by atoms with van der Waals surface area (Å²) in [6.07, 6.45) is 1.08. The summed E-state index contributed by atoms with van der Waals surface area (Å²) in [5.41, 5.74) is 0.923. The number of piperazine rings is 1. The molecule has 2 aromatic rings. The number of nitrogens with zero attached hydrogens (tertiary/aromatic N) is 3. The Morgan fingerprint density at radius 3 is 2.26 bits per heavy atom. The molecule has 168 valence electrons. The molecular weight excluding hydrogens is 416 g/mol. The van der Waals surface area contributed by atoms with E-state index in [1.165, 1.54) is 22.8 Å². The van der Waals surface area contributed by atoms with E-state index < -0.39 is 15.6 Å². The van der Waals surface area contributed by atoms with Crippen molar-refractivity contribution < 1.29 is 13.2 Å². The second-order valence-electron chi connectivity index (χ2n) is 7.92. The molecule has 1 fully saturated rings. The van der Waals surface area contributed by atoms with Crippen LogP contribution in [0.5, 0.6) is 0 Å². The number of amides is 1. The number of rotatable bonds is 7. The van der Waals surface area contributed by atoms with E-state index in [1.54, 1.807) is 30.0 Å². The van der Waals surface area contributed by atoms with Gasteiger partial charge in [-0.3, -0.25) is 19.2 Å². The van der Waals surface area contributed by atoms with Crippen LogP contribution >= 0.6 is 0 Å². The molecule has 3 rings (SSSR count). The average molecular weight is 447 g/mol. The van der Waals surface area contributed by atoms with Crippen LogP contribution in [0.4, 0.5) is 5.69 Å². The van der Waals surface area contributed by atoms with Crippen molar-refractivity contribution in [2.75, 3.05) is 37.4 Å². The second-order valence-corrected chi connectivity index (χ2v) is 9.60. The Kier molecular flexibility index (Phi) is 7.17. The van der Waals surface area contributed by atoms with Gasteiger partial charge in [0.1, 0.15) is 12.2 Å². The molecule has 0 saturated carbocycles. The summed E-state index contributed by atoms with van der Waals surface area (Å²) in [6.45, 7) is 9.54. The van der Waals surface area contributed by atoms with Gasteiger partial charge in [-0.2, -0.15) is 0 Å². The molecular formula is C22H30N4O4S. The SMILES string of the molecule is CCCN1CCN(C(=O)Cn2c(C)ccc(NS(=O)(=O)c3ccc(C)cc3)c2=O)CC1. The van der Waals surface area contributed by atoms with Gasteiger partial charge in [0, 0.05) is 31.9 Å². The monoisotopic (exact) mass is 446 g/mol. The van der Waals surface area contributed by atoms with Gasteiger partial charge in [-0.05, 0) is 51.1 Å². The van der Waals surface area contributed by atoms with Gasteiger partial charge < -0.3 is 9.47 Å². The lowest BCUT2D eigenvalue weighted by Crippen LogP contribution is -2.50. The van der Waals surface area contributed by atoms with Gasteiger partial charge in [0.25, 0.3) is 15.6 Å². The smallest absolute Gasteiger partial charge is 0.275 e. The molecule has 1 aliphatic rings. The fourth-order valence-corrected chi connectivity index (χ4v) is 4.70. The highest BCUT2D eigenvalue weighted by molar-refractivity contribution is 7.92. The number of hydrogen-bond acceptors (Lipinski definition) is 5. The molecule has 1 amide bonds. The minimum absolute atomic E-state index is 0.0747. The molecule has 1 aromatic carbocycles. The number of nitrogens with one attached hydrogen (secondary N) is 1. The number of aryl methyl sites for hydroxylation is 2. The molecule has 0 atom stereocenters. The lowest BCUT2D eigenvalue weighted by atomic mass is 10.2. The minimum Gasteiger partial charge on any atom is -0.339 e. The summed E-state index contributed by atoms with van der Waals surface area (Å²) in [4.78, 5) is 29.9. The first kappa shape index (κ1) is 23.0.